The number of fused-ring (bicyclic) bond motifs is 1. The number of rotatable bonds is 8. The van der Waals surface area contributed by atoms with E-state index in [1.165, 1.54) is 12.5 Å². The summed E-state index contributed by atoms with van der Waals surface area (Å²) >= 11 is 0. The Morgan fingerprint density at radius 3 is 2.57 bits per heavy atom. The van der Waals surface area contributed by atoms with Crippen molar-refractivity contribution in [2.45, 2.75) is 46.3 Å². The van der Waals surface area contributed by atoms with E-state index in [1.807, 2.05) is 24.3 Å². The predicted molar refractivity (Wildman–Crippen MR) is 137 cm³/mol. The number of halogens is 1. The molecule has 2 atom stereocenters. The van der Waals surface area contributed by atoms with Gasteiger partial charge in [0, 0.05) is 22.7 Å². The Morgan fingerprint density at radius 2 is 1.83 bits per heavy atom. The second-order valence-corrected chi connectivity index (χ2v) is 9.83. The third-order valence-electron chi connectivity index (χ3n) is 6.26. The molecule has 1 aliphatic carbocycles. The van der Waals surface area contributed by atoms with Crippen molar-refractivity contribution in [2.75, 3.05) is 6.54 Å². The summed E-state index contributed by atoms with van der Waals surface area (Å²) in [5.74, 6) is 8.94. The molecule has 0 saturated heterocycles. The Bertz CT molecular complexity index is 1390. The average Bonchev–Trinajstić information content (AvgIpc) is 3.19. The molecule has 2 aromatic carbocycles. The van der Waals surface area contributed by atoms with Gasteiger partial charge in [0.2, 0.25) is 0 Å². The maximum absolute atomic E-state index is 14.8. The largest absolute Gasteiger partial charge is 0.341 e. The van der Waals surface area contributed by atoms with Crippen molar-refractivity contribution in [1.29, 1.82) is 0 Å². The molecule has 1 aliphatic rings. The maximum Gasteiger partial charge on any atom is 0.133 e. The zero-order valence-corrected chi connectivity index (χ0v) is 20.4. The second-order valence-electron chi connectivity index (χ2n) is 9.83. The Labute approximate surface area is 205 Å². The summed E-state index contributed by atoms with van der Waals surface area (Å²) in [6, 6.07) is 11.6. The molecule has 2 aromatic heterocycles. The number of hydrogen-bond donors (Lipinski definition) is 4. The minimum Gasteiger partial charge on any atom is -0.341 e. The maximum atomic E-state index is 14.8. The molecule has 4 N–H and O–H groups in total. The predicted octanol–water partition coefficient (Wildman–Crippen LogP) is 4.74. The molecule has 2 heterocycles. The number of aromatic amines is 2. The van der Waals surface area contributed by atoms with Gasteiger partial charge in [0.05, 0.1) is 36.0 Å². The summed E-state index contributed by atoms with van der Waals surface area (Å²) in [6.45, 7) is 8.83. The fraction of sp³-hybridized carbons (Fsp3) is 0.357. The van der Waals surface area contributed by atoms with Crippen molar-refractivity contribution in [2.24, 2.45) is 11.8 Å². The number of imidazole rings is 2. The zero-order valence-electron chi connectivity index (χ0n) is 20.4. The van der Waals surface area contributed by atoms with Gasteiger partial charge in [0.1, 0.15) is 17.5 Å². The summed E-state index contributed by atoms with van der Waals surface area (Å²) in [5, 5.41) is 6.85. The van der Waals surface area contributed by atoms with Crippen LogP contribution in [0.15, 0.2) is 42.6 Å². The number of hydrogen-bond acceptors (Lipinski definition) is 4. The summed E-state index contributed by atoms with van der Waals surface area (Å²) in [4.78, 5) is 15.6. The van der Waals surface area contributed by atoms with Crippen molar-refractivity contribution in [3.63, 3.8) is 0 Å². The molecular weight excluding hydrogens is 439 g/mol. The fourth-order valence-electron chi connectivity index (χ4n) is 4.08. The smallest absolute Gasteiger partial charge is 0.133 e. The highest BCUT2D eigenvalue weighted by atomic mass is 19.1. The van der Waals surface area contributed by atoms with Gasteiger partial charge in [-0.2, -0.15) is 0 Å². The van der Waals surface area contributed by atoms with Crippen molar-refractivity contribution in [1.82, 2.24) is 30.6 Å². The van der Waals surface area contributed by atoms with Crippen LogP contribution in [0.1, 0.15) is 50.0 Å². The normalized spacial score (nSPS) is 17.1. The SMILES string of the molecule is CC(C)CNCc1ncc(-c2ccc(C#Cc3ccc4nc(CNC5CC5C)[nH]c4c3)cc2F)[nH]1. The van der Waals surface area contributed by atoms with E-state index < -0.39 is 0 Å². The van der Waals surface area contributed by atoms with Crippen LogP contribution in [0, 0.1) is 29.5 Å². The zero-order chi connectivity index (χ0) is 24.4. The fourth-order valence-corrected chi connectivity index (χ4v) is 4.08. The molecule has 0 spiro atoms. The topological polar surface area (TPSA) is 81.4 Å². The summed E-state index contributed by atoms with van der Waals surface area (Å²) in [6.07, 6.45) is 2.91. The Balaban J connectivity index is 1.25. The molecule has 5 rings (SSSR count). The van der Waals surface area contributed by atoms with Crippen LogP contribution in [0.4, 0.5) is 4.39 Å². The Kier molecular flexibility index (Phi) is 6.67. The van der Waals surface area contributed by atoms with E-state index in [1.54, 1.807) is 12.3 Å². The molecule has 2 unspecified atom stereocenters. The van der Waals surface area contributed by atoms with E-state index in [-0.39, 0.29) is 5.82 Å². The highest BCUT2D eigenvalue weighted by Crippen LogP contribution is 2.29. The van der Waals surface area contributed by atoms with Crippen molar-refractivity contribution < 1.29 is 4.39 Å². The summed E-state index contributed by atoms with van der Waals surface area (Å²) in [5.41, 5.74) is 4.50. The lowest BCUT2D eigenvalue weighted by Crippen LogP contribution is -2.19. The van der Waals surface area contributed by atoms with E-state index in [4.69, 9.17) is 0 Å². The van der Waals surface area contributed by atoms with Gasteiger partial charge in [0.25, 0.3) is 0 Å². The van der Waals surface area contributed by atoms with Gasteiger partial charge < -0.3 is 20.6 Å². The second kappa shape index (κ2) is 10.0. The summed E-state index contributed by atoms with van der Waals surface area (Å²) in [7, 11) is 0. The molecule has 0 amide bonds. The molecular formula is C28H31FN6. The van der Waals surface area contributed by atoms with Crippen LogP contribution in [0.5, 0.6) is 0 Å². The third kappa shape index (κ3) is 5.79. The van der Waals surface area contributed by atoms with E-state index >= 15 is 0 Å². The Morgan fingerprint density at radius 1 is 1.06 bits per heavy atom. The number of benzene rings is 2. The molecule has 0 bridgehead atoms. The van der Waals surface area contributed by atoms with E-state index in [0.717, 1.165) is 47.3 Å². The van der Waals surface area contributed by atoms with Crippen molar-refractivity contribution in [3.05, 3.63) is 71.2 Å². The lowest BCUT2D eigenvalue weighted by molar-refractivity contribution is 0.544. The van der Waals surface area contributed by atoms with Crippen LogP contribution in [0.25, 0.3) is 22.3 Å². The minimum atomic E-state index is -0.326. The van der Waals surface area contributed by atoms with E-state index in [2.05, 4.69) is 63.2 Å². The molecule has 35 heavy (non-hydrogen) atoms. The van der Waals surface area contributed by atoms with Crippen LogP contribution in [-0.2, 0) is 13.1 Å². The van der Waals surface area contributed by atoms with Crippen LogP contribution in [-0.4, -0.2) is 32.5 Å². The first-order valence-electron chi connectivity index (χ1n) is 12.2. The third-order valence-corrected chi connectivity index (χ3v) is 6.26. The number of H-pyrrole nitrogens is 2. The first-order valence-corrected chi connectivity index (χ1v) is 12.2. The van der Waals surface area contributed by atoms with Gasteiger partial charge in [-0.1, -0.05) is 32.6 Å². The lowest BCUT2D eigenvalue weighted by Gasteiger charge is -2.05. The first kappa shape index (κ1) is 23.3. The number of nitrogens with zero attached hydrogens (tertiary/aromatic N) is 2. The van der Waals surface area contributed by atoms with Crippen molar-refractivity contribution >= 4 is 11.0 Å². The monoisotopic (exact) mass is 470 g/mol. The highest BCUT2D eigenvalue weighted by molar-refractivity contribution is 5.77. The van der Waals surface area contributed by atoms with Gasteiger partial charge in [0.15, 0.2) is 0 Å². The standard InChI is InChI=1S/C28H31FN6/c1-17(2)13-30-15-27-32-14-26(35-27)21-8-6-19(11-22(21)29)4-5-20-7-9-23-25(12-20)34-28(33-23)16-31-24-10-18(24)3/h6-9,11-12,14,17-18,24,30-31H,10,13,15-16H2,1-3H3,(H,32,35)(H,33,34). The molecule has 0 radical (unpaired) electrons. The lowest BCUT2D eigenvalue weighted by atomic mass is 10.1. The van der Waals surface area contributed by atoms with Gasteiger partial charge >= 0.3 is 0 Å². The summed E-state index contributed by atoms with van der Waals surface area (Å²) < 4.78 is 14.8. The van der Waals surface area contributed by atoms with Crippen molar-refractivity contribution in [3.8, 4) is 23.1 Å². The quantitative estimate of drug-likeness (QED) is 0.281. The number of nitrogens with one attached hydrogen (secondary N) is 4. The van der Waals surface area contributed by atoms with Crippen LogP contribution < -0.4 is 10.6 Å². The van der Waals surface area contributed by atoms with Crippen LogP contribution in [0.3, 0.4) is 0 Å². The number of aromatic nitrogens is 4. The molecule has 6 nitrogen and oxygen atoms in total. The van der Waals surface area contributed by atoms with Crippen LogP contribution in [0.2, 0.25) is 0 Å². The van der Waals surface area contributed by atoms with Gasteiger partial charge in [-0.25, -0.2) is 14.4 Å². The molecule has 1 saturated carbocycles. The minimum absolute atomic E-state index is 0.326. The molecule has 4 aromatic rings. The van der Waals surface area contributed by atoms with E-state index in [9.17, 15) is 4.39 Å². The van der Waals surface area contributed by atoms with Gasteiger partial charge in [-0.15, -0.1) is 0 Å². The first-order chi connectivity index (χ1) is 16.9. The molecule has 7 heteroatoms. The van der Waals surface area contributed by atoms with E-state index in [0.29, 0.717) is 35.3 Å². The highest BCUT2D eigenvalue weighted by Gasteiger charge is 2.31. The molecule has 180 valence electrons. The van der Waals surface area contributed by atoms with Gasteiger partial charge in [-0.05, 0) is 61.2 Å². The average molecular weight is 471 g/mol. The van der Waals surface area contributed by atoms with Gasteiger partial charge in [-0.3, -0.25) is 0 Å². The Hall–Kier alpha value is -3.47. The molecule has 1 fully saturated rings. The molecule has 0 aliphatic heterocycles. The van der Waals surface area contributed by atoms with Crippen LogP contribution >= 0.6 is 0 Å².